The Hall–Kier alpha value is -4.77. The van der Waals surface area contributed by atoms with Crippen LogP contribution < -0.4 is 31.1 Å². The van der Waals surface area contributed by atoms with Gasteiger partial charge in [-0.25, -0.2) is 9.78 Å². The minimum absolute atomic E-state index is 0.211. The van der Waals surface area contributed by atoms with Gasteiger partial charge in [0.2, 0.25) is 5.91 Å². The van der Waals surface area contributed by atoms with E-state index in [0.29, 0.717) is 67.8 Å². The predicted molar refractivity (Wildman–Crippen MR) is 189 cm³/mol. The van der Waals surface area contributed by atoms with Crippen LogP contribution in [0.5, 0.6) is 11.5 Å². The highest BCUT2D eigenvalue weighted by molar-refractivity contribution is 7.16. The van der Waals surface area contributed by atoms with Gasteiger partial charge in [0.05, 0.1) is 47.5 Å². The Morgan fingerprint density at radius 2 is 1.78 bits per heavy atom. The lowest BCUT2D eigenvalue weighted by Crippen LogP contribution is -2.19. The fraction of sp³-hybridized carbons (Fsp3) is 0.364. The van der Waals surface area contributed by atoms with E-state index in [9.17, 15) is 14.4 Å². The van der Waals surface area contributed by atoms with E-state index in [1.54, 1.807) is 18.2 Å². The predicted octanol–water partition coefficient (Wildman–Crippen LogP) is 4.30. The number of benzene rings is 2. The molecule has 0 atom stereocenters. The van der Waals surface area contributed by atoms with E-state index >= 15 is 0 Å². The number of esters is 1. The van der Waals surface area contributed by atoms with Crippen LogP contribution in [0.3, 0.4) is 0 Å². The van der Waals surface area contributed by atoms with Crippen molar-refractivity contribution in [2.45, 2.75) is 39.5 Å². The Bertz CT molecular complexity index is 1930. The quantitative estimate of drug-likeness (QED) is 0.0649. The molecule has 0 spiro atoms. The number of nitrogens with one attached hydrogen (secondary N) is 1. The normalized spacial score (nSPS) is 11.9. The molecular formula is C33H40N6O8S2. The molecule has 5 N–H and O–H groups in total. The first kappa shape index (κ1) is 37.1. The summed E-state index contributed by atoms with van der Waals surface area (Å²) in [6.07, 6.45) is 4.28. The summed E-state index contributed by atoms with van der Waals surface area (Å²) >= 11 is 2.54. The zero-order valence-electron chi connectivity index (χ0n) is 28.2. The van der Waals surface area contributed by atoms with Crippen LogP contribution in [0, 0.1) is 6.92 Å². The number of allylic oxidation sites excluding steroid dienone is 1. The van der Waals surface area contributed by atoms with Crippen LogP contribution in [0.4, 0.5) is 11.4 Å². The molecule has 2 aromatic carbocycles. The van der Waals surface area contributed by atoms with E-state index in [1.165, 1.54) is 57.2 Å². The van der Waals surface area contributed by atoms with Crippen molar-refractivity contribution in [3.63, 3.8) is 0 Å². The lowest BCUT2D eigenvalue weighted by molar-refractivity contribution is -0.110. The number of hydrogen-bond acceptors (Lipinski definition) is 13. The average molecular weight is 713 g/mol. The number of hydrogen-bond donors (Lipinski definition) is 3. The molecule has 0 radical (unpaired) electrons. The smallest absolute Gasteiger partial charge is 0.338 e. The molecule has 0 aliphatic carbocycles. The van der Waals surface area contributed by atoms with E-state index in [2.05, 4.69) is 15.3 Å². The number of primary amides is 1. The maximum absolute atomic E-state index is 13.5. The van der Waals surface area contributed by atoms with Crippen LogP contribution in [-0.2, 0) is 27.2 Å². The Balaban J connectivity index is 1.73. The highest BCUT2D eigenvalue weighted by Crippen LogP contribution is 2.33. The number of carbonyl (C=O) groups is 3. The standard InChI is InChI=1S/C33H40N6O8S2/c1-7-22-29(48-18(2)37-22)31(41)38-33-39(12-9-8-11-36-27-21(34)14-20(32(42)46-6)16-23(27)43-3)28-24(47-13-10-26(44-4)45-5)15-19(30(35)40)17-25(28)49-33/h8-9,14-17,26,36H,7,10-13,34H2,1-6H3,(H2,35,40)/b9-8+,38-33?. The molecule has 0 fully saturated rings. The molecule has 49 heavy (non-hydrogen) atoms. The van der Waals surface area contributed by atoms with Gasteiger partial charge in [0.1, 0.15) is 27.6 Å². The molecule has 0 saturated carbocycles. The minimum atomic E-state index is -0.624. The van der Waals surface area contributed by atoms with Gasteiger partial charge in [-0.1, -0.05) is 30.4 Å². The molecule has 16 heteroatoms. The zero-order valence-corrected chi connectivity index (χ0v) is 29.8. The monoisotopic (exact) mass is 712 g/mol. The first-order valence-electron chi connectivity index (χ1n) is 15.2. The number of aryl methyl sites for hydroxylation is 2. The van der Waals surface area contributed by atoms with E-state index in [1.807, 2.05) is 30.6 Å². The Morgan fingerprint density at radius 1 is 1.04 bits per heavy atom. The SMILES string of the molecule is CCc1nc(C)sc1C(=O)N=c1sc2cc(C(N)=O)cc(OCCC(OC)OC)c2n1C/C=C/CNc1c(N)cc(C(=O)OC)cc1OC. The summed E-state index contributed by atoms with van der Waals surface area (Å²) in [5.74, 6) is -0.795. The van der Waals surface area contributed by atoms with Crippen molar-refractivity contribution in [3.8, 4) is 11.5 Å². The van der Waals surface area contributed by atoms with Gasteiger partial charge >= 0.3 is 5.97 Å². The van der Waals surface area contributed by atoms with Crippen molar-refractivity contribution < 1.29 is 38.1 Å². The highest BCUT2D eigenvalue weighted by atomic mass is 32.1. The number of carbonyl (C=O) groups excluding carboxylic acids is 3. The average Bonchev–Trinajstić information content (AvgIpc) is 3.65. The molecule has 4 rings (SSSR count). The van der Waals surface area contributed by atoms with E-state index in [-0.39, 0.29) is 24.3 Å². The summed E-state index contributed by atoms with van der Waals surface area (Å²) in [4.78, 5) is 47.7. The molecular weight excluding hydrogens is 673 g/mol. The van der Waals surface area contributed by atoms with Crippen molar-refractivity contribution in [1.82, 2.24) is 9.55 Å². The second kappa shape index (κ2) is 17.1. The van der Waals surface area contributed by atoms with Gasteiger partial charge in [0.15, 0.2) is 11.1 Å². The summed E-state index contributed by atoms with van der Waals surface area (Å²) in [5, 5.41) is 4.00. The van der Waals surface area contributed by atoms with E-state index < -0.39 is 24.1 Å². The van der Waals surface area contributed by atoms with Gasteiger partial charge in [-0.3, -0.25) is 9.59 Å². The number of thiazole rings is 2. The summed E-state index contributed by atoms with van der Waals surface area (Å²) < 4.78 is 29.5. The largest absolute Gasteiger partial charge is 0.494 e. The molecule has 2 heterocycles. The van der Waals surface area contributed by atoms with Gasteiger partial charge < -0.3 is 45.0 Å². The van der Waals surface area contributed by atoms with E-state index in [0.717, 1.165) is 5.01 Å². The number of amides is 2. The van der Waals surface area contributed by atoms with Gasteiger partial charge in [-0.05, 0) is 37.6 Å². The lowest BCUT2D eigenvalue weighted by atomic mass is 10.1. The molecule has 262 valence electrons. The number of ether oxygens (including phenoxy) is 5. The van der Waals surface area contributed by atoms with E-state index in [4.69, 9.17) is 35.2 Å². The van der Waals surface area contributed by atoms with Gasteiger partial charge in [-0.2, -0.15) is 4.99 Å². The fourth-order valence-corrected chi connectivity index (χ4v) is 6.93. The molecule has 0 aliphatic rings. The number of nitrogen functional groups attached to an aromatic ring is 1. The van der Waals surface area contributed by atoms with Crippen LogP contribution >= 0.6 is 22.7 Å². The summed E-state index contributed by atoms with van der Waals surface area (Å²) in [5.41, 5.74) is 14.6. The summed E-state index contributed by atoms with van der Waals surface area (Å²) in [6, 6.07) is 6.30. The number of methoxy groups -OCH3 is 4. The van der Waals surface area contributed by atoms with Crippen molar-refractivity contribution >= 4 is 62.0 Å². The summed E-state index contributed by atoms with van der Waals surface area (Å²) in [6.45, 7) is 4.63. The maximum atomic E-state index is 13.5. The van der Waals surface area contributed by atoms with Crippen molar-refractivity contribution in [2.24, 2.45) is 10.7 Å². The molecule has 2 amide bonds. The summed E-state index contributed by atoms with van der Waals surface area (Å²) in [7, 11) is 5.84. The Labute approximate surface area is 291 Å². The number of nitrogens with zero attached hydrogens (tertiary/aromatic N) is 3. The lowest BCUT2D eigenvalue weighted by Gasteiger charge is -2.15. The molecule has 0 bridgehead atoms. The second-order valence-corrected chi connectivity index (χ2v) is 12.7. The van der Waals surface area contributed by atoms with Crippen molar-refractivity contribution in [3.05, 3.63) is 67.9 Å². The van der Waals surface area contributed by atoms with Gasteiger partial charge in [0.25, 0.3) is 5.91 Å². The Kier molecular flexibility index (Phi) is 12.9. The molecule has 0 aliphatic heterocycles. The van der Waals surface area contributed by atoms with Gasteiger partial charge in [-0.15, -0.1) is 11.3 Å². The Morgan fingerprint density at radius 3 is 2.43 bits per heavy atom. The fourth-order valence-electron chi connectivity index (χ4n) is 4.94. The third kappa shape index (κ3) is 8.83. The third-order valence-corrected chi connectivity index (χ3v) is 9.35. The first-order chi connectivity index (χ1) is 23.5. The first-order valence-corrected chi connectivity index (χ1v) is 16.8. The van der Waals surface area contributed by atoms with Crippen molar-refractivity contribution in [2.75, 3.05) is 52.6 Å². The highest BCUT2D eigenvalue weighted by Gasteiger charge is 2.20. The number of rotatable bonds is 16. The van der Waals surface area contributed by atoms with Crippen LogP contribution in [0.15, 0.2) is 41.4 Å². The van der Waals surface area contributed by atoms with Crippen LogP contribution in [0.2, 0.25) is 0 Å². The number of fused-ring (bicyclic) bond motifs is 1. The van der Waals surface area contributed by atoms with Crippen LogP contribution in [0.1, 0.15) is 54.4 Å². The number of aromatic nitrogens is 2. The van der Waals surface area contributed by atoms with Crippen molar-refractivity contribution in [1.29, 1.82) is 0 Å². The second-order valence-electron chi connectivity index (χ2n) is 10.5. The van der Waals surface area contributed by atoms with Gasteiger partial charge in [0, 0.05) is 39.3 Å². The zero-order chi connectivity index (χ0) is 35.7. The molecule has 0 unspecified atom stereocenters. The maximum Gasteiger partial charge on any atom is 0.338 e. The molecule has 0 saturated heterocycles. The third-order valence-electron chi connectivity index (χ3n) is 7.32. The topological polar surface area (TPSA) is 192 Å². The number of nitrogens with two attached hydrogens (primary N) is 2. The van der Waals surface area contributed by atoms with Crippen LogP contribution in [-0.4, -0.2) is 75.2 Å². The molecule has 14 nitrogen and oxygen atoms in total. The molecule has 2 aromatic heterocycles. The number of anilines is 2. The minimum Gasteiger partial charge on any atom is -0.494 e. The molecule has 4 aromatic rings. The van der Waals surface area contributed by atoms with Crippen LogP contribution in [0.25, 0.3) is 10.2 Å².